The molecular weight excluding hydrogens is 442 g/mol. The van der Waals surface area contributed by atoms with Gasteiger partial charge in [-0.1, -0.05) is 12.1 Å². The van der Waals surface area contributed by atoms with E-state index in [0.717, 1.165) is 30.5 Å². The van der Waals surface area contributed by atoms with Gasteiger partial charge >= 0.3 is 5.97 Å². The van der Waals surface area contributed by atoms with E-state index >= 15 is 0 Å². The van der Waals surface area contributed by atoms with Crippen LogP contribution in [-0.2, 0) is 20.7 Å². The van der Waals surface area contributed by atoms with Crippen LogP contribution >= 0.6 is 0 Å². The topological polar surface area (TPSA) is 111 Å². The zero-order valence-corrected chi connectivity index (χ0v) is 19.7. The molecule has 3 rings (SSSR count). The first-order chi connectivity index (χ1) is 15.6. The number of piperidine rings is 1. The highest BCUT2D eigenvalue weighted by Gasteiger charge is 2.39. The Balaban J connectivity index is 1.63. The first-order valence-electron chi connectivity index (χ1n) is 10.8. The number of likely N-dealkylation sites (N-methyl/N-ethyl adjacent to an activating group) is 1. The summed E-state index contributed by atoms with van der Waals surface area (Å²) in [7, 11) is -1.81. The van der Waals surface area contributed by atoms with Crippen LogP contribution in [0.3, 0.4) is 0 Å². The van der Waals surface area contributed by atoms with E-state index in [-0.39, 0.29) is 5.56 Å². The van der Waals surface area contributed by atoms with Gasteiger partial charge in [0.2, 0.25) is 0 Å². The van der Waals surface area contributed by atoms with E-state index in [1.54, 1.807) is 12.1 Å². The molecule has 0 radical (unpaired) electrons. The molecule has 0 amide bonds. The van der Waals surface area contributed by atoms with Crippen molar-refractivity contribution in [1.82, 2.24) is 4.90 Å². The average molecular weight is 472 g/mol. The van der Waals surface area contributed by atoms with Gasteiger partial charge in [0.05, 0.1) is 23.5 Å². The maximum absolute atomic E-state index is 12.0. The molecule has 176 valence electrons. The maximum Gasteiger partial charge on any atom is 0.335 e. The normalized spacial score (nSPS) is 16.2. The lowest BCUT2D eigenvalue weighted by Crippen LogP contribution is -2.53. The van der Waals surface area contributed by atoms with Crippen molar-refractivity contribution in [2.75, 3.05) is 44.4 Å². The largest absolute Gasteiger partial charge is 0.478 e. The van der Waals surface area contributed by atoms with E-state index in [9.17, 15) is 13.2 Å². The van der Waals surface area contributed by atoms with E-state index in [1.165, 1.54) is 12.1 Å². The lowest BCUT2D eigenvalue weighted by atomic mass is 9.90. The number of aromatic carboxylic acids is 1. The molecule has 9 heteroatoms. The molecule has 1 N–H and O–H groups in total. The molecule has 1 heterocycles. The summed E-state index contributed by atoms with van der Waals surface area (Å²) in [5.41, 5.74) is 1.94. The number of hydrogen-bond acceptors (Lipinski definition) is 7. The van der Waals surface area contributed by atoms with E-state index in [1.807, 2.05) is 36.2 Å². The van der Waals surface area contributed by atoms with Crippen molar-refractivity contribution in [2.24, 2.45) is 0 Å². The third-order valence-electron chi connectivity index (χ3n) is 5.98. The van der Waals surface area contributed by atoms with E-state index in [0.29, 0.717) is 38.0 Å². The van der Waals surface area contributed by atoms with Gasteiger partial charge in [-0.3, -0.25) is 4.18 Å². The number of nitriles is 1. The Labute approximate surface area is 195 Å². The molecule has 0 aromatic heterocycles. The van der Waals surface area contributed by atoms with Crippen LogP contribution in [0, 0.1) is 11.3 Å². The van der Waals surface area contributed by atoms with Crippen LogP contribution in [0.1, 0.15) is 34.3 Å². The van der Waals surface area contributed by atoms with Crippen molar-refractivity contribution < 1.29 is 22.5 Å². The van der Waals surface area contributed by atoms with Crippen LogP contribution in [0.4, 0.5) is 5.69 Å². The minimum absolute atomic E-state index is 0.199. The highest BCUT2D eigenvalue weighted by Crippen LogP contribution is 2.31. The SMILES string of the molecule is CN(CC1(OS(C)(=O)=O)CCN(CCc2ccc(C#N)cc2)CC1)c1ccc(C(=O)O)cc1. The molecule has 1 fully saturated rings. The van der Waals surface area contributed by atoms with Crippen molar-refractivity contribution in [3.05, 3.63) is 65.2 Å². The number of carboxylic acids is 1. The minimum Gasteiger partial charge on any atom is -0.478 e. The summed E-state index contributed by atoms with van der Waals surface area (Å²) in [5, 5.41) is 18.0. The van der Waals surface area contributed by atoms with Crippen molar-refractivity contribution in [3.8, 4) is 6.07 Å². The number of rotatable bonds is 9. The lowest BCUT2D eigenvalue weighted by Gasteiger charge is -2.43. The van der Waals surface area contributed by atoms with Crippen molar-refractivity contribution in [2.45, 2.75) is 24.9 Å². The highest BCUT2D eigenvalue weighted by atomic mass is 32.2. The first-order valence-corrected chi connectivity index (χ1v) is 12.6. The Bertz CT molecular complexity index is 1100. The molecule has 0 saturated carbocycles. The van der Waals surface area contributed by atoms with Crippen LogP contribution in [0.5, 0.6) is 0 Å². The lowest BCUT2D eigenvalue weighted by molar-refractivity contribution is 0.0145. The van der Waals surface area contributed by atoms with Gasteiger partial charge in [-0.2, -0.15) is 13.7 Å². The number of hydrogen-bond donors (Lipinski definition) is 1. The molecule has 0 bridgehead atoms. The van der Waals surface area contributed by atoms with Gasteiger partial charge in [0.15, 0.2) is 0 Å². The third-order valence-corrected chi connectivity index (χ3v) is 6.63. The molecule has 1 saturated heterocycles. The van der Waals surface area contributed by atoms with Gasteiger partial charge in [0.25, 0.3) is 10.1 Å². The predicted octanol–water partition coefficient (Wildman–Crippen LogP) is 2.75. The zero-order valence-electron chi connectivity index (χ0n) is 18.9. The van der Waals surface area contributed by atoms with Gasteiger partial charge in [-0.05, 0) is 61.2 Å². The van der Waals surface area contributed by atoms with Crippen LogP contribution in [0.15, 0.2) is 48.5 Å². The molecule has 2 aromatic rings. The summed E-state index contributed by atoms with van der Waals surface area (Å²) in [6, 6.07) is 16.2. The second-order valence-electron chi connectivity index (χ2n) is 8.58. The number of benzene rings is 2. The van der Waals surface area contributed by atoms with Crippen LogP contribution < -0.4 is 4.90 Å². The predicted molar refractivity (Wildman–Crippen MR) is 126 cm³/mol. The summed E-state index contributed by atoms with van der Waals surface area (Å²) in [6.45, 7) is 2.62. The Hall–Kier alpha value is -2.93. The van der Waals surface area contributed by atoms with Gasteiger partial charge in [-0.25, -0.2) is 4.79 Å². The Morgan fingerprint density at radius 3 is 2.27 bits per heavy atom. The number of anilines is 1. The summed E-state index contributed by atoms with van der Waals surface area (Å²) >= 11 is 0. The summed E-state index contributed by atoms with van der Waals surface area (Å²) in [6.07, 6.45) is 3.05. The highest BCUT2D eigenvalue weighted by molar-refractivity contribution is 7.86. The average Bonchev–Trinajstić information content (AvgIpc) is 2.78. The van der Waals surface area contributed by atoms with Gasteiger partial charge in [0.1, 0.15) is 5.60 Å². The molecule has 33 heavy (non-hydrogen) atoms. The quantitative estimate of drug-likeness (QED) is 0.556. The third kappa shape index (κ3) is 7.02. The molecule has 1 aliphatic rings. The van der Waals surface area contributed by atoms with Gasteiger partial charge in [-0.15, -0.1) is 0 Å². The van der Waals surface area contributed by atoms with Crippen molar-refractivity contribution >= 4 is 21.8 Å². The Morgan fingerprint density at radius 2 is 1.76 bits per heavy atom. The first kappa shape index (κ1) is 24.7. The van der Waals surface area contributed by atoms with Crippen LogP contribution in [0.2, 0.25) is 0 Å². The maximum atomic E-state index is 12.0. The van der Waals surface area contributed by atoms with Crippen LogP contribution in [0.25, 0.3) is 0 Å². The molecule has 0 atom stereocenters. The van der Waals surface area contributed by atoms with Gasteiger partial charge < -0.3 is 14.9 Å². The molecule has 2 aromatic carbocycles. The number of likely N-dealkylation sites (tertiary alicyclic amines) is 1. The summed E-state index contributed by atoms with van der Waals surface area (Å²) in [5.74, 6) is -0.991. The zero-order chi connectivity index (χ0) is 24.1. The van der Waals surface area contributed by atoms with Crippen molar-refractivity contribution in [3.63, 3.8) is 0 Å². The second kappa shape index (κ2) is 10.3. The summed E-state index contributed by atoms with van der Waals surface area (Å²) in [4.78, 5) is 15.3. The summed E-state index contributed by atoms with van der Waals surface area (Å²) < 4.78 is 29.7. The fourth-order valence-corrected chi connectivity index (χ4v) is 5.05. The fourth-order valence-electron chi connectivity index (χ4n) is 4.19. The number of carboxylic acid groups (broad SMARTS) is 1. The van der Waals surface area contributed by atoms with Crippen LogP contribution in [-0.4, -0.2) is 69.5 Å². The smallest absolute Gasteiger partial charge is 0.335 e. The second-order valence-corrected chi connectivity index (χ2v) is 10.2. The fraction of sp³-hybridized carbons (Fsp3) is 0.417. The van der Waals surface area contributed by atoms with Gasteiger partial charge in [0, 0.05) is 38.9 Å². The monoisotopic (exact) mass is 471 g/mol. The van der Waals surface area contributed by atoms with E-state index in [2.05, 4.69) is 11.0 Å². The minimum atomic E-state index is -3.66. The van der Waals surface area contributed by atoms with E-state index in [4.69, 9.17) is 14.6 Å². The molecule has 1 aliphatic heterocycles. The Morgan fingerprint density at radius 1 is 1.15 bits per heavy atom. The molecule has 0 unspecified atom stereocenters. The Kier molecular flexibility index (Phi) is 7.74. The standard InChI is InChI=1S/C24H29N3O5S/c1-26(22-9-7-21(8-10-22)23(28)29)18-24(32-33(2,30)31)12-15-27(16-13-24)14-11-19-3-5-20(17-25)6-4-19/h3-10H,11-16,18H2,1-2H3,(H,28,29). The molecule has 0 spiro atoms. The van der Waals surface area contributed by atoms with Crippen molar-refractivity contribution in [1.29, 1.82) is 5.26 Å². The molecular formula is C24H29N3O5S. The number of carbonyl (C=O) groups is 1. The molecule has 0 aliphatic carbocycles. The number of nitrogens with zero attached hydrogens (tertiary/aromatic N) is 3. The van der Waals surface area contributed by atoms with E-state index < -0.39 is 21.7 Å². The molecule has 8 nitrogen and oxygen atoms in total.